The molecule has 1 aliphatic rings. The number of nitrogens with one attached hydrogen (secondary N) is 3. The highest BCUT2D eigenvalue weighted by atomic mass is 32.1. The van der Waals surface area contributed by atoms with Gasteiger partial charge in [-0.15, -0.1) is 11.3 Å². The van der Waals surface area contributed by atoms with Crippen LogP contribution in [-0.4, -0.2) is 36.6 Å². The number of benzene rings is 1. The van der Waals surface area contributed by atoms with Crippen molar-refractivity contribution in [3.8, 4) is 17.0 Å². The number of rotatable bonds is 8. The van der Waals surface area contributed by atoms with E-state index in [9.17, 15) is 18.4 Å². The Morgan fingerprint density at radius 2 is 1.97 bits per heavy atom. The molecule has 1 aliphatic carbocycles. The molecule has 1 heterocycles. The molecular formula is C19H22F2N4O3S. The Morgan fingerprint density at radius 1 is 1.21 bits per heavy atom. The number of hydrogen-bond donors (Lipinski definition) is 3. The van der Waals surface area contributed by atoms with Gasteiger partial charge in [0.05, 0.1) is 12.2 Å². The maximum atomic E-state index is 12.5. The third kappa shape index (κ3) is 6.38. The second kappa shape index (κ2) is 10.1. The van der Waals surface area contributed by atoms with Crippen LogP contribution in [0, 0.1) is 5.92 Å². The molecule has 7 nitrogen and oxygen atoms in total. The topological polar surface area (TPSA) is 92.4 Å². The van der Waals surface area contributed by atoms with Gasteiger partial charge >= 0.3 is 12.6 Å². The number of hydrogen-bond acceptors (Lipinski definition) is 5. The highest BCUT2D eigenvalue weighted by Crippen LogP contribution is 2.32. The summed E-state index contributed by atoms with van der Waals surface area (Å²) in [7, 11) is 0. The number of carbonyl (C=O) groups excluding carboxylic acids is 2. The molecule has 156 valence electrons. The number of anilines is 1. The van der Waals surface area contributed by atoms with E-state index in [2.05, 4.69) is 25.7 Å². The van der Waals surface area contributed by atoms with Gasteiger partial charge in [0.15, 0.2) is 5.13 Å². The second-order valence-corrected chi connectivity index (χ2v) is 7.53. The summed E-state index contributed by atoms with van der Waals surface area (Å²) in [6.07, 6.45) is 4.65. The second-order valence-electron chi connectivity index (χ2n) is 6.67. The van der Waals surface area contributed by atoms with Gasteiger partial charge in [0.2, 0.25) is 5.91 Å². The molecule has 0 atom stereocenters. The third-order valence-corrected chi connectivity index (χ3v) is 5.32. The highest BCUT2D eigenvalue weighted by molar-refractivity contribution is 7.14. The summed E-state index contributed by atoms with van der Waals surface area (Å²) in [4.78, 5) is 28.0. The number of aromatic nitrogens is 1. The van der Waals surface area contributed by atoms with E-state index in [4.69, 9.17) is 0 Å². The normalized spacial score (nSPS) is 14.0. The number of carbonyl (C=O) groups is 2. The van der Waals surface area contributed by atoms with E-state index in [-0.39, 0.29) is 18.3 Å². The van der Waals surface area contributed by atoms with Crippen LogP contribution in [0.2, 0.25) is 0 Å². The first kappa shape index (κ1) is 21.0. The van der Waals surface area contributed by atoms with Crippen molar-refractivity contribution in [3.63, 3.8) is 0 Å². The summed E-state index contributed by atoms with van der Waals surface area (Å²) in [5.74, 6) is 0.0885. The lowest BCUT2D eigenvalue weighted by atomic mass is 10.1. The lowest BCUT2D eigenvalue weighted by Gasteiger charge is -2.11. The van der Waals surface area contributed by atoms with Gasteiger partial charge in [-0.2, -0.15) is 8.78 Å². The van der Waals surface area contributed by atoms with Gasteiger partial charge in [-0.1, -0.05) is 25.0 Å². The fraction of sp³-hybridized carbons (Fsp3) is 0.421. The molecule has 0 bridgehead atoms. The van der Waals surface area contributed by atoms with Crippen molar-refractivity contribution >= 4 is 28.4 Å². The van der Waals surface area contributed by atoms with Crippen LogP contribution in [0.3, 0.4) is 0 Å². The van der Waals surface area contributed by atoms with E-state index >= 15 is 0 Å². The van der Waals surface area contributed by atoms with Gasteiger partial charge in [-0.05, 0) is 30.9 Å². The van der Waals surface area contributed by atoms with E-state index < -0.39 is 12.5 Å². The van der Waals surface area contributed by atoms with Crippen LogP contribution in [0.5, 0.6) is 5.75 Å². The zero-order valence-electron chi connectivity index (χ0n) is 15.6. The maximum Gasteiger partial charge on any atom is 0.387 e. The standard InChI is InChI=1S/C19H22F2N4O3S/c20-17(21)28-15-8-4-3-7-13(15)14-11-29-19(24-14)25-16(26)10-23-18(27)22-9-12-5-1-2-6-12/h3-4,7-8,11-12,17H,1-2,5-6,9-10H2,(H2,22,23,27)(H,24,25,26). The number of thiazole rings is 1. The SMILES string of the molecule is O=C(CNC(=O)NCC1CCCC1)Nc1nc(-c2ccccc2OC(F)F)cs1. The quantitative estimate of drug-likeness (QED) is 0.600. The van der Waals surface area contributed by atoms with E-state index in [0.717, 1.165) is 24.2 Å². The summed E-state index contributed by atoms with van der Waals surface area (Å²) >= 11 is 1.15. The average Bonchev–Trinajstić information content (AvgIpc) is 3.37. The summed E-state index contributed by atoms with van der Waals surface area (Å²) < 4.78 is 29.6. The van der Waals surface area contributed by atoms with Crippen LogP contribution in [0.4, 0.5) is 18.7 Å². The average molecular weight is 424 g/mol. The third-order valence-electron chi connectivity index (χ3n) is 4.57. The Balaban J connectivity index is 1.48. The molecule has 3 amide bonds. The fourth-order valence-electron chi connectivity index (χ4n) is 3.17. The molecule has 2 aromatic rings. The summed E-state index contributed by atoms with van der Waals surface area (Å²) in [6, 6.07) is 5.91. The van der Waals surface area contributed by atoms with Crippen molar-refractivity contribution in [2.24, 2.45) is 5.92 Å². The smallest absolute Gasteiger partial charge is 0.387 e. The number of alkyl halides is 2. The fourth-order valence-corrected chi connectivity index (χ4v) is 3.90. The van der Waals surface area contributed by atoms with Gasteiger partial charge < -0.3 is 20.7 Å². The Kier molecular flexibility index (Phi) is 7.34. The van der Waals surface area contributed by atoms with Gasteiger partial charge in [0.25, 0.3) is 0 Å². The van der Waals surface area contributed by atoms with Gasteiger partial charge in [-0.25, -0.2) is 9.78 Å². The van der Waals surface area contributed by atoms with E-state index in [1.165, 1.54) is 18.9 Å². The molecule has 0 radical (unpaired) electrons. The molecule has 1 aromatic heterocycles. The Labute approximate surface area is 170 Å². The highest BCUT2D eigenvalue weighted by Gasteiger charge is 2.17. The van der Waals surface area contributed by atoms with Crippen molar-refractivity contribution in [1.29, 1.82) is 0 Å². The number of halogens is 2. The molecular weight excluding hydrogens is 402 g/mol. The first-order chi connectivity index (χ1) is 14.0. The largest absolute Gasteiger partial charge is 0.434 e. The number of urea groups is 1. The predicted molar refractivity (Wildman–Crippen MR) is 106 cm³/mol. The molecule has 0 aliphatic heterocycles. The molecule has 0 saturated heterocycles. The van der Waals surface area contributed by atoms with Gasteiger partial charge in [0.1, 0.15) is 5.75 Å². The molecule has 1 aromatic carbocycles. The monoisotopic (exact) mass is 424 g/mol. The van der Waals surface area contributed by atoms with Gasteiger partial charge in [0, 0.05) is 17.5 Å². The van der Waals surface area contributed by atoms with E-state index in [1.54, 1.807) is 23.6 Å². The van der Waals surface area contributed by atoms with Crippen LogP contribution in [0.25, 0.3) is 11.3 Å². The molecule has 0 spiro atoms. The maximum absolute atomic E-state index is 12.5. The number of ether oxygens (including phenoxy) is 1. The minimum absolute atomic E-state index is 0.00581. The van der Waals surface area contributed by atoms with Crippen molar-refractivity contribution in [2.75, 3.05) is 18.4 Å². The molecule has 3 rings (SSSR count). The van der Waals surface area contributed by atoms with Crippen LogP contribution in [0.1, 0.15) is 25.7 Å². The van der Waals surface area contributed by atoms with Gasteiger partial charge in [-0.3, -0.25) is 4.79 Å². The van der Waals surface area contributed by atoms with Crippen LogP contribution in [0.15, 0.2) is 29.6 Å². The Morgan fingerprint density at radius 3 is 2.72 bits per heavy atom. The van der Waals surface area contributed by atoms with Crippen LogP contribution in [-0.2, 0) is 4.79 Å². The van der Waals surface area contributed by atoms with E-state index in [0.29, 0.717) is 28.9 Å². The van der Waals surface area contributed by atoms with E-state index in [1.807, 2.05) is 0 Å². The Hall–Kier alpha value is -2.75. The number of para-hydroxylation sites is 1. The summed E-state index contributed by atoms with van der Waals surface area (Å²) in [5, 5.41) is 9.79. The lowest BCUT2D eigenvalue weighted by Crippen LogP contribution is -2.41. The number of amides is 3. The van der Waals surface area contributed by atoms with Crippen molar-refractivity contribution in [3.05, 3.63) is 29.6 Å². The molecule has 3 N–H and O–H groups in total. The lowest BCUT2D eigenvalue weighted by molar-refractivity contribution is -0.115. The minimum Gasteiger partial charge on any atom is -0.434 e. The first-order valence-electron chi connectivity index (χ1n) is 9.32. The van der Waals surface area contributed by atoms with Crippen molar-refractivity contribution in [1.82, 2.24) is 15.6 Å². The minimum atomic E-state index is -2.94. The zero-order chi connectivity index (χ0) is 20.6. The molecule has 1 fully saturated rings. The number of nitrogens with zero attached hydrogens (tertiary/aromatic N) is 1. The van der Waals surface area contributed by atoms with Crippen LogP contribution >= 0.6 is 11.3 Å². The van der Waals surface area contributed by atoms with Crippen molar-refractivity contribution < 1.29 is 23.1 Å². The summed E-state index contributed by atoms with van der Waals surface area (Å²) in [5.41, 5.74) is 0.804. The van der Waals surface area contributed by atoms with Crippen molar-refractivity contribution in [2.45, 2.75) is 32.3 Å². The Bertz CT molecular complexity index is 840. The molecule has 1 saturated carbocycles. The molecule has 29 heavy (non-hydrogen) atoms. The zero-order valence-corrected chi connectivity index (χ0v) is 16.4. The summed E-state index contributed by atoms with van der Waals surface area (Å²) in [6.45, 7) is -2.53. The first-order valence-corrected chi connectivity index (χ1v) is 10.2. The molecule has 10 heteroatoms. The molecule has 0 unspecified atom stereocenters. The van der Waals surface area contributed by atoms with Crippen LogP contribution < -0.4 is 20.7 Å². The predicted octanol–water partition coefficient (Wildman–Crippen LogP) is 3.84.